The molecule has 0 saturated heterocycles. The highest BCUT2D eigenvalue weighted by atomic mass is 16.7. The van der Waals surface area contributed by atoms with E-state index in [0.29, 0.717) is 13.0 Å². The number of nitrogens with zero attached hydrogens (tertiary/aromatic N) is 2. The number of anilines is 1. The summed E-state index contributed by atoms with van der Waals surface area (Å²) in [5.41, 5.74) is 6.68. The highest BCUT2D eigenvalue weighted by molar-refractivity contribution is 6.03. The first-order chi connectivity index (χ1) is 14.0. The van der Waals surface area contributed by atoms with Gasteiger partial charge >= 0.3 is 6.09 Å². The maximum Gasteiger partial charge on any atom is 0.414 e. The van der Waals surface area contributed by atoms with Crippen molar-refractivity contribution in [2.24, 2.45) is 5.16 Å². The van der Waals surface area contributed by atoms with Gasteiger partial charge in [-0.15, -0.1) is 0 Å². The number of amides is 1. The van der Waals surface area contributed by atoms with Crippen LogP contribution in [-0.4, -0.2) is 24.0 Å². The SMILES string of the molecule is Cc1cc(C)cc(C2(C)CC(c3ccc4c(c3)CCN4C(=O)OC(C)(C)C)=NO2)c1. The molecule has 0 fully saturated rings. The molecule has 0 N–H and O–H groups in total. The number of benzene rings is 2. The quantitative estimate of drug-likeness (QED) is 0.648. The molecule has 2 aliphatic rings. The van der Waals surface area contributed by atoms with Crippen molar-refractivity contribution in [3.63, 3.8) is 0 Å². The fraction of sp³-hybridized carbons (Fsp3) is 0.440. The molecule has 1 amide bonds. The average molecular weight is 407 g/mol. The summed E-state index contributed by atoms with van der Waals surface area (Å²) < 4.78 is 5.55. The Balaban J connectivity index is 1.54. The Morgan fingerprint density at radius 3 is 2.50 bits per heavy atom. The van der Waals surface area contributed by atoms with E-state index in [4.69, 9.17) is 9.57 Å². The highest BCUT2D eigenvalue weighted by Crippen LogP contribution is 2.38. The summed E-state index contributed by atoms with van der Waals surface area (Å²) in [7, 11) is 0. The molecule has 0 bridgehead atoms. The number of aryl methyl sites for hydroxylation is 2. The van der Waals surface area contributed by atoms with Crippen LogP contribution in [0.15, 0.2) is 41.6 Å². The predicted molar refractivity (Wildman–Crippen MR) is 119 cm³/mol. The van der Waals surface area contributed by atoms with Crippen molar-refractivity contribution in [3.8, 4) is 0 Å². The molecule has 30 heavy (non-hydrogen) atoms. The second kappa shape index (κ2) is 7.15. The Labute approximate surface area is 178 Å². The van der Waals surface area contributed by atoms with Gasteiger partial charge in [-0.25, -0.2) is 4.79 Å². The first kappa shape index (κ1) is 20.5. The summed E-state index contributed by atoms with van der Waals surface area (Å²) in [4.78, 5) is 20.2. The summed E-state index contributed by atoms with van der Waals surface area (Å²) in [6, 6.07) is 12.7. The van der Waals surface area contributed by atoms with Crippen molar-refractivity contribution in [1.29, 1.82) is 0 Å². The van der Waals surface area contributed by atoms with E-state index in [1.807, 2.05) is 32.9 Å². The van der Waals surface area contributed by atoms with E-state index in [2.05, 4.69) is 50.2 Å². The monoisotopic (exact) mass is 406 g/mol. The van der Waals surface area contributed by atoms with Crippen LogP contribution in [0.5, 0.6) is 0 Å². The van der Waals surface area contributed by atoms with E-state index >= 15 is 0 Å². The van der Waals surface area contributed by atoms with E-state index in [1.54, 1.807) is 4.90 Å². The van der Waals surface area contributed by atoms with Crippen LogP contribution in [0.4, 0.5) is 10.5 Å². The smallest absolute Gasteiger partial charge is 0.414 e. The predicted octanol–water partition coefficient (Wildman–Crippen LogP) is 5.64. The summed E-state index contributed by atoms with van der Waals surface area (Å²) >= 11 is 0. The lowest BCUT2D eigenvalue weighted by atomic mass is 9.87. The molecule has 0 saturated carbocycles. The fourth-order valence-electron chi connectivity index (χ4n) is 4.22. The van der Waals surface area contributed by atoms with Crippen molar-refractivity contribution >= 4 is 17.5 Å². The lowest BCUT2D eigenvalue weighted by molar-refractivity contribution is -0.00746. The third kappa shape index (κ3) is 3.93. The number of carbonyl (C=O) groups is 1. The van der Waals surface area contributed by atoms with Crippen molar-refractivity contribution < 1.29 is 14.4 Å². The zero-order chi connectivity index (χ0) is 21.7. The van der Waals surface area contributed by atoms with Crippen LogP contribution in [0, 0.1) is 13.8 Å². The van der Waals surface area contributed by atoms with Crippen LogP contribution < -0.4 is 4.90 Å². The lowest BCUT2D eigenvalue weighted by Gasteiger charge is -2.25. The third-order valence-corrected chi connectivity index (χ3v) is 5.62. The van der Waals surface area contributed by atoms with Crippen LogP contribution in [-0.2, 0) is 21.6 Å². The normalized spacial score (nSPS) is 20.6. The van der Waals surface area contributed by atoms with Gasteiger partial charge in [0, 0.05) is 13.0 Å². The van der Waals surface area contributed by atoms with Crippen molar-refractivity contribution in [2.45, 2.75) is 65.6 Å². The minimum absolute atomic E-state index is 0.294. The highest BCUT2D eigenvalue weighted by Gasteiger charge is 2.37. The molecule has 5 heteroatoms. The maximum atomic E-state index is 12.5. The van der Waals surface area contributed by atoms with Crippen LogP contribution in [0.3, 0.4) is 0 Å². The van der Waals surface area contributed by atoms with Gasteiger partial charge in [-0.2, -0.15) is 0 Å². The van der Waals surface area contributed by atoms with E-state index in [0.717, 1.165) is 34.5 Å². The van der Waals surface area contributed by atoms with E-state index in [-0.39, 0.29) is 6.09 Å². The zero-order valence-electron chi connectivity index (χ0n) is 18.7. The molecule has 0 spiro atoms. The number of fused-ring (bicyclic) bond motifs is 1. The van der Waals surface area contributed by atoms with Gasteiger partial charge < -0.3 is 9.57 Å². The van der Waals surface area contributed by atoms with E-state index in [1.165, 1.54) is 11.1 Å². The third-order valence-electron chi connectivity index (χ3n) is 5.62. The summed E-state index contributed by atoms with van der Waals surface area (Å²) in [5, 5.41) is 4.43. The molecule has 1 atom stereocenters. The average Bonchev–Trinajstić information content (AvgIpc) is 3.23. The number of hydrogen-bond acceptors (Lipinski definition) is 4. The molecule has 2 aromatic rings. The minimum atomic E-state index is -0.506. The number of rotatable bonds is 2. The fourth-order valence-corrected chi connectivity index (χ4v) is 4.22. The molecule has 1 unspecified atom stereocenters. The second-order valence-corrected chi connectivity index (χ2v) is 9.64. The van der Waals surface area contributed by atoms with Crippen LogP contribution in [0.2, 0.25) is 0 Å². The summed E-state index contributed by atoms with van der Waals surface area (Å²) in [6.07, 6.45) is 1.23. The number of ether oxygens (including phenoxy) is 1. The van der Waals surface area contributed by atoms with E-state index in [9.17, 15) is 4.79 Å². The molecule has 0 radical (unpaired) electrons. The first-order valence-electron chi connectivity index (χ1n) is 10.5. The Bertz CT molecular complexity index is 1010. The van der Waals surface area contributed by atoms with Gasteiger partial charge in [-0.1, -0.05) is 40.5 Å². The standard InChI is InChI=1S/C25H30N2O3/c1-16-11-17(2)13-20(12-16)25(6)15-21(26-30-25)18-7-8-22-19(14-18)9-10-27(22)23(28)29-24(3,4)5/h7-8,11-14H,9-10,15H2,1-6H3. The molecular formula is C25H30N2O3. The van der Waals surface area contributed by atoms with E-state index < -0.39 is 11.2 Å². The summed E-state index contributed by atoms with van der Waals surface area (Å²) in [5.74, 6) is 0. The van der Waals surface area contributed by atoms with Gasteiger partial charge in [0.05, 0.1) is 11.4 Å². The first-order valence-corrected chi connectivity index (χ1v) is 10.5. The molecule has 2 aliphatic heterocycles. The minimum Gasteiger partial charge on any atom is -0.443 e. The lowest BCUT2D eigenvalue weighted by Crippen LogP contribution is -2.35. The van der Waals surface area contributed by atoms with Gasteiger partial charge in [0.2, 0.25) is 0 Å². The van der Waals surface area contributed by atoms with Gasteiger partial charge in [0.15, 0.2) is 5.60 Å². The molecule has 2 heterocycles. The van der Waals surface area contributed by atoms with Gasteiger partial charge in [0.1, 0.15) is 5.60 Å². The Hall–Kier alpha value is -2.82. The molecule has 2 aromatic carbocycles. The van der Waals surface area contributed by atoms with Crippen LogP contribution in [0.1, 0.15) is 61.9 Å². The molecule has 0 aliphatic carbocycles. The van der Waals surface area contributed by atoms with Crippen molar-refractivity contribution in [1.82, 2.24) is 0 Å². The zero-order valence-corrected chi connectivity index (χ0v) is 18.7. The number of hydrogen-bond donors (Lipinski definition) is 0. The molecular weight excluding hydrogens is 376 g/mol. The largest absolute Gasteiger partial charge is 0.443 e. The van der Waals surface area contributed by atoms with Crippen molar-refractivity contribution in [3.05, 3.63) is 64.2 Å². The Kier molecular flexibility index (Phi) is 4.88. The Morgan fingerprint density at radius 1 is 1.13 bits per heavy atom. The van der Waals surface area contributed by atoms with Crippen LogP contribution in [0.25, 0.3) is 0 Å². The van der Waals surface area contributed by atoms with Crippen molar-refractivity contribution in [2.75, 3.05) is 11.4 Å². The molecule has 158 valence electrons. The molecule has 5 nitrogen and oxygen atoms in total. The molecule has 0 aromatic heterocycles. The van der Waals surface area contributed by atoms with Gasteiger partial charge in [-0.05, 0) is 76.8 Å². The van der Waals surface area contributed by atoms with Gasteiger partial charge in [0.25, 0.3) is 0 Å². The topological polar surface area (TPSA) is 51.1 Å². The summed E-state index contributed by atoms with van der Waals surface area (Å²) in [6.45, 7) is 12.6. The maximum absolute atomic E-state index is 12.5. The number of oxime groups is 1. The number of carbonyl (C=O) groups excluding carboxylic acids is 1. The second-order valence-electron chi connectivity index (χ2n) is 9.64. The Morgan fingerprint density at radius 2 is 1.83 bits per heavy atom. The van der Waals surface area contributed by atoms with Crippen LogP contribution >= 0.6 is 0 Å². The van der Waals surface area contributed by atoms with Gasteiger partial charge in [-0.3, -0.25) is 4.90 Å². The molecule has 4 rings (SSSR count).